The molecule has 1 heterocycles. The van der Waals surface area contributed by atoms with Crippen LogP contribution in [0, 0.1) is 0 Å². The highest BCUT2D eigenvalue weighted by Crippen LogP contribution is 2.25. The molecule has 0 radical (unpaired) electrons. The molecule has 2 rings (SSSR count). The first-order valence-corrected chi connectivity index (χ1v) is 5.72. The van der Waals surface area contributed by atoms with E-state index in [1.807, 2.05) is 51.1 Å². The van der Waals surface area contributed by atoms with Crippen LogP contribution in [0.1, 0.15) is 37.9 Å². The van der Waals surface area contributed by atoms with Gasteiger partial charge in [0.05, 0.1) is 0 Å². The topological polar surface area (TPSA) is 38.3 Å². The van der Waals surface area contributed by atoms with Crippen molar-refractivity contribution in [1.29, 1.82) is 0 Å². The first-order chi connectivity index (χ1) is 7.97. The van der Waals surface area contributed by atoms with Crippen LogP contribution >= 0.6 is 0 Å². The van der Waals surface area contributed by atoms with Crippen LogP contribution in [0.25, 0.3) is 6.08 Å². The standard InChI is InChI=1S/C14H17NO2/c1-14(2,3)17-13(16)12-11-7-5-4-6-10(11)8-9-15-12/h4-9,12,15H,1-3H3. The van der Waals surface area contributed by atoms with Gasteiger partial charge in [-0.1, -0.05) is 24.3 Å². The van der Waals surface area contributed by atoms with Crippen molar-refractivity contribution < 1.29 is 9.53 Å². The summed E-state index contributed by atoms with van der Waals surface area (Å²) in [5, 5.41) is 3.04. The number of carbonyl (C=O) groups excluding carboxylic acids is 1. The summed E-state index contributed by atoms with van der Waals surface area (Å²) in [6, 6.07) is 7.41. The molecule has 0 aliphatic carbocycles. The summed E-state index contributed by atoms with van der Waals surface area (Å²) in [4.78, 5) is 12.1. The van der Waals surface area contributed by atoms with E-state index in [0.717, 1.165) is 11.1 Å². The smallest absolute Gasteiger partial charge is 0.333 e. The summed E-state index contributed by atoms with van der Waals surface area (Å²) >= 11 is 0. The van der Waals surface area contributed by atoms with E-state index in [-0.39, 0.29) is 5.97 Å². The number of ether oxygens (including phenoxy) is 1. The molecule has 0 bridgehead atoms. The van der Waals surface area contributed by atoms with Crippen LogP contribution in [0.3, 0.4) is 0 Å². The Morgan fingerprint density at radius 1 is 1.29 bits per heavy atom. The van der Waals surface area contributed by atoms with E-state index in [0.29, 0.717) is 0 Å². The van der Waals surface area contributed by atoms with Gasteiger partial charge in [0.25, 0.3) is 0 Å². The maximum absolute atomic E-state index is 12.1. The van der Waals surface area contributed by atoms with Gasteiger partial charge >= 0.3 is 5.97 Å². The van der Waals surface area contributed by atoms with Gasteiger partial charge in [-0.3, -0.25) is 0 Å². The third-order valence-corrected chi connectivity index (χ3v) is 2.48. The molecular formula is C14H17NO2. The lowest BCUT2D eigenvalue weighted by Crippen LogP contribution is -2.34. The zero-order valence-corrected chi connectivity index (χ0v) is 10.4. The minimum absolute atomic E-state index is 0.241. The second-order valence-corrected chi connectivity index (χ2v) is 5.10. The molecule has 0 saturated heterocycles. The highest BCUT2D eigenvalue weighted by molar-refractivity contribution is 5.81. The number of hydrogen-bond donors (Lipinski definition) is 1. The molecule has 90 valence electrons. The molecule has 1 atom stereocenters. The van der Waals surface area contributed by atoms with Crippen LogP contribution in [-0.4, -0.2) is 11.6 Å². The lowest BCUT2D eigenvalue weighted by molar-refractivity contribution is -0.157. The number of nitrogens with one attached hydrogen (secondary N) is 1. The molecule has 17 heavy (non-hydrogen) atoms. The third-order valence-electron chi connectivity index (χ3n) is 2.48. The van der Waals surface area contributed by atoms with Gasteiger partial charge in [-0.05, 0) is 44.2 Å². The molecule has 1 aromatic carbocycles. The highest BCUT2D eigenvalue weighted by Gasteiger charge is 2.28. The maximum atomic E-state index is 12.1. The second kappa shape index (κ2) is 4.24. The SMILES string of the molecule is CC(C)(C)OC(=O)C1NC=Cc2ccccc21. The number of carbonyl (C=O) groups is 1. The van der Waals surface area contributed by atoms with E-state index >= 15 is 0 Å². The fourth-order valence-corrected chi connectivity index (χ4v) is 1.81. The first-order valence-electron chi connectivity index (χ1n) is 5.72. The van der Waals surface area contributed by atoms with Gasteiger partial charge in [0.2, 0.25) is 0 Å². The average Bonchev–Trinajstić information content (AvgIpc) is 2.26. The Labute approximate surface area is 101 Å². The monoisotopic (exact) mass is 231 g/mol. The zero-order valence-electron chi connectivity index (χ0n) is 10.4. The number of esters is 1. The Hall–Kier alpha value is -1.77. The van der Waals surface area contributed by atoms with E-state index in [4.69, 9.17) is 4.74 Å². The quantitative estimate of drug-likeness (QED) is 0.755. The van der Waals surface area contributed by atoms with Gasteiger partial charge in [0.15, 0.2) is 6.04 Å². The van der Waals surface area contributed by atoms with E-state index < -0.39 is 11.6 Å². The lowest BCUT2D eigenvalue weighted by Gasteiger charge is -2.26. The van der Waals surface area contributed by atoms with Crippen molar-refractivity contribution >= 4 is 12.0 Å². The Kier molecular flexibility index (Phi) is 2.92. The molecule has 1 aliphatic heterocycles. The molecule has 3 heteroatoms. The third kappa shape index (κ3) is 2.67. The molecule has 1 N–H and O–H groups in total. The van der Waals surface area contributed by atoms with E-state index in [1.165, 1.54) is 0 Å². The van der Waals surface area contributed by atoms with Crippen molar-refractivity contribution in [3.63, 3.8) is 0 Å². The summed E-state index contributed by atoms with van der Waals surface area (Å²) in [5.74, 6) is -0.241. The molecule has 1 unspecified atom stereocenters. The van der Waals surface area contributed by atoms with Gasteiger partial charge in [0.1, 0.15) is 5.60 Å². The summed E-state index contributed by atoms with van der Waals surface area (Å²) in [7, 11) is 0. The summed E-state index contributed by atoms with van der Waals surface area (Å²) in [6.07, 6.45) is 3.74. The molecule has 0 amide bonds. The summed E-state index contributed by atoms with van der Waals surface area (Å²) in [5.41, 5.74) is 1.56. The Morgan fingerprint density at radius 3 is 2.71 bits per heavy atom. The fourth-order valence-electron chi connectivity index (χ4n) is 1.81. The van der Waals surface area contributed by atoms with Crippen LogP contribution in [0.5, 0.6) is 0 Å². The highest BCUT2D eigenvalue weighted by atomic mass is 16.6. The molecule has 1 aromatic rings. The first kappa shape index (κ1) is 11.7. The summed E-state index contributed by atoms with van der Waals surface area (Å²) in [6.45, 7) is 5.61. The van der Waals surface area contributed by atoms with Crippen molar-refractivity contribution in [1.82, 2.24) is 5.32 Å². The van der Waals surface area contributed by atoms with Crippen LogP contribution < -0.4 is 5.32 Å². The Bertz CT molecular complexity index is 458. The van der Waals surface area contributed by atoms with Gasteiger partial charge in [0, 0.05) is 0 Å². The summed E-state index contributed by atoms with van der Waals surface area (Å²) < 4.78 is 5.40. The maximum Gasteiger partial charge on any atom is 0.333 e. The molecule has 0 fully saturated rings. The predicted molar refractivity (Wildman–Crippen MR) is 67.2 cm³/mol. The van der Waals surface area contributed by atoms with Crippen molar-refractivity contribution in [2.75, 3.05) is 0 Å². The predicted octanol–water partition coefficient (Wildman–Crippen LogP) is 2.64. The van der Waals surface area contributed by atoms with Gasteiger partial charge in [-0.2, -0.15) is 0 Å². The van der Waals surface area contributed by atoms with Gasteiger partial charge < -0.3 is 10.1 Å². The van der Waals surface area contributed by atoms with Crippen LogP contribution in [-0.2, 0) is 9.53 Å². The van der Waals surface area contributed by atoms with Crippen LogP contribution in [0.15, 0.2) is 30.5 Å². The number of rotatable bonds is 1. The number of hydrogen-bond acceptors (Lipinski definition) is 3. The van der Waals surface area contributed by atoms with Gasteiger partial charge in [-0.25, -0.2) is 4.79 Å². The number of benzene rings is 1. The average molecular weight is 231 g/mol. The van der Waals surface area contributed by atoms with Crippen molar-refractivity contribution in [3.05, 3.63) is 41.6 Å². The largest absolute Gasteiger partial charge is 0.458 e. The van der Waals surface area contributed by atoms with Crippen LogP contribution in [0.4, 0.5) is 0 Å². The Balaban J connectivity index is 2.24. The zero-order chi connectivity index (χ0) is 12.5. The van der Waals surface area contributed by atoms with E-state index in [1.54, 1.807) is 6.20 Å². The second-order valence-electron chi connectivity index (χ2n) is 5.10. The lowest BCUT2D eigenvalue weighted by atomic mass is 9.98. The molecule has 0 saturated carbocycles. The van der Waals surface area contributed by atoms with Crippen molar-refractivity contribution in [3.8, 4) is 0 Å². The van der Waals surface area contributed by atoms with Crippen molar-refractivity contribution in [2.24, 2.45) is 0 Å². The normalized spacial score (nSPS) is 18.2. The van der Waals surface area contributed by atoms with Crippen molar-refractivity contribution in [2.45, 2.75) is 32.4 Å². The molecule has 3 nitrogen and oxygen atoms in total. The van der Waals surface area contributed by atoms with E-state index in [9.17, 15) is 4.79 Å². The molecule has 1 aliphatic rings. The fraction of sp³-hybridized carbons (Fsp3) is 0.357. The molecule has 0 aromatic heterocycles. The van der Waals surface area contributed by atoms with E-state index in [2.05, 4.69) is 5.32 Å². The number of fused-ring (bicyclic) bond motifs is 1. The minimum Gasteiger partial charge on any atom is -0.458 e. The minimum atomic E-state index is -0.463. The molecular weight excluding hydrogens is 214 g/mol. The molecule has 0 spiro atoms. The van der Waals surface area contributed by atoms with Gasteiger partial charge in [-0.15, -0.1) is 0 Å². The van der Waals surface area contributed by atoms with Crippen LogP contribution in [0.2, 0.25) is 0 Å². The Morgan fingerprint density at radius 2 is 2.00 bits per heavy atom.